The third-order valence-corrected chi connectivity index (χ3v) is 5.64. The topological polar surface area (TPSA) is 61.8 Å². The van der Waals surface area contributed by atoms with E-state index < -0.39 is 0 Å². The van der Waals surface area contributed by atoms with Gasteiger partial charge in [-0.05, 0) is 18.9 Å². The fraction of sp³-hybridized carbons (Fsp3) is 0.500. The molecule has 2 aliphatic rings. The van der Waals surface area contributed by atoms with Crippen molar-refractivity contribution in [2.24, 2.45) is 0 Å². The van der Waals surface area contributed by atoms with Crippen LogP contribution in [0.3, 0.4) is 0 Å². The van der Waals surface area contributed by atoms with E-state index in [1.165, 1.54) is 11.1 Å². The number of carbonyl (C=O) groups excluding carboxylic acids is 1. The summed E-state index contributed by atoms with van der Waals surface area (Å²) in [5.74, 6) is 2.13. The van der Waals surface area contributed by atoms with Gasteiger partial charge in [0.2, 0.25) is 5.91 Å². The second-order valence-electron chi connectivity index (χ2n) is 7.69. The van der Waals surface area contributed by atoms with Crippen LogP contribution in [0.2, 0.25) is 0 Å². The molecule has 0 bridgehead atoms. The molecule has 29 heavy (non-hydrogen) atoms. The van der Waals surface area contributed by atoms with Gasteiger partial charge < -0.3 is 19.4 Å². The van der Waals surface area contributed by atoms with Crippen LogP contribution in [0.4, 0.5) is 11.6 Å². The maximum absolute atomic E-state index is 12.6. The fourth-order valence-corrected chi connectivity index (χ4v) is 3.94. The molecular formula is C22H29N5O2. The minimum atomic E-state index is 0.239. The number of anilines is 2. The summed E-state index contributed by atoms with van der Waals surface area (Å²) in [6.07, 6.45) is 3.01. The summed E-state index contributed by atoms with van der Waals surface area (Å²) in [6, 6.07) is 10.5. The highest BCUT2D eigenvalue weighted by Crippen LogP contribution is 2.20. The summed E-state index contributed by atoms with van der Waals surface area (Å²) in [5.41, 5.74) is 2.47. The smallest absolute Gasteiger partial charge is 0.223 e. The Labute approximate surface area is 172 Å². The predicted octanol–water partition coefficient (Wildman–Crippen LogP) is 1.90. The molecule has 154 valence electrons. The number of morpholine rings is 1. The Morgan fingerprint density at radius 1 is 0.966 bits per heavy atom. The van der Waals surface area contributed by atoms with Gasteiger partial charge in [-0.25, -0.2) is 9.97 Å². The summed E-state index contributed by atoms with van der Waals surface area (Å²) >= 11 is 0. The van der Waals surface area contributed by atoms with Crippen LogP contribution in [0.25, 0.3) is 0 Å². The molecule has 3 heterocycles. The number of amides is 1. The average molecular weight is 396 g/mol. The molecule has 0 atom stereocenters. The Kier molecular flexibility index (Phi) is 6.24. The van der Waals surface area contributed by atoms with Crippen molar-refractivity contribution in [3.05, 3.63) is 47.8 Å². The van der Waals surface area contributed by atoms with Crippen molar-refractivity contribution in [1.29, 1.82) is 0 Å². The summed E-state index contributed by atoms with van der Waals surface area (Å²) < 4.78 is 5.42. The predicted molar refractivity (Wildman–Crippen MR) is 113 cm³/mol. The Bertz CT molecular complexity index is 829. The number of hydrogen-bond donors (Lipinski definition) is 0. The van der Waals surface area contributed by atoms with Gasteiger partial charge in [0.05, 0.1) is 13.2 Å². The molecular weight excluding hydrogens is 366 g/mol. The standard InChI is InChI=1S/C22H29N5O2/c1-18-3-2-4-19(15-18)5-6-22(28)27-9-7-25(8-10-27)20-16-21(24-17-23-20)26-11-13-29-14-12-26/h2-4,15-17H,5-14H2,1H3. The molecule has 0 N–H and O–H groups in total. The highest BCUT2D eigenvalue weighted by Gasteiger charge is 2.22. The van der Waals surface area contributed by atoms with E-state index in [2.05, 4.69) is 57.0 Å². The van der Waals surface area contributed by atoms with Gasteiger partial charge in [0, 0.05) is 51.8 Å². The van der Waals surface area contributed by atoms with E-state index in [1.807, 2.05) is 4.90 Å². The van der Waals surface area contributed by atoms with Gasteiger partial charge in [-0.15, -0.1) is 0 Å². The maximum Gasteiger partial charge on any atom is 0.223 e. The number of carbonyl (C=O) groups is 1. The SMILES string of the molecule is Cc1cccc(CCC(=O)N2CCN(c3cc(N4CCOCC4)ncn3)CC2)c1. The second-order valence-corrected chi connectivity index (χ2v) is 7.69. The van der Waals surface area contributed by atoms with Gasteiger partial charge in [-0.3, -0.25) is 4.79 Å². The molecule has 0 spiro atoms. The zero-order chi connectivity index (χ0) is 20.1. The lowest BCUT2D eigenvalue weighted by Gasteiger charge is -2.36. The summed E-state index contributed by atoms with van der Waals surface area (Å²) in [6.45, 7) is 8.37. The van der Waals surface area contributed by atoms with Crippen molar-refractivity contribution in [3.8, 4) is 0 Å². The van der Waals surface area contributed by atoms with E-state index in [0.29, 0.717) is 6.42 Å². The van der Waals surface area contributed by atoms with Crippen LogP contribution in [0.15, 0.2) is 36.7 Å². The van der Waals surface area contributed by atoms with E-state index in [0.717, 1.165) is 70.5 Å². The molecule has 4 rings (SSSR count). The molecule has 2 aliphatic heterocycles. The minimum absolute atomic E-state index is 0.239. The second kappa shape index (κ2) is 9.22. The summed E-state index contributed by atoms with van der Waals surface area (Å²) in [4.78, 5) is 28.0. The number of aryl methyl sites for hydroxylation is 2. The Morgan fingerprint density at radius 2 is 1.66 bits per heavy atom. The van der Waals surface area contributed by atoms with E-state index in [-0.39, 0.29) is 5.91 Å². The number of ether oxygens (including phenoxy) is 1. The first kappa shape index (κ1) is 19.6. The highest BCUT2D eigenvalue weighted by atomic mass is 16.5. The van der Waals surface area contributed by atoms with Gasteiger partial charge in [-0.2, -0.15) is 0 Å². The number of hydrogen-bond acceptors (Lipinski definition) is 6. The molecule has 1 aromatic heterocycles. The third-order valence-electron chi connectivity index (χ3n) is 5.64. The first-order chi connectivity index (χ1) is 14.2. The molecule has 0 saturated carbocycles. The number of aromatic nitrogens is 2. The molecule has 1 amide bonds. The Balaban J connectivity index is 1.29. The van der Waals surface area contributed by atoms with Gasteiger partial charge in [0.15, 0.2) is 0 Å². The molecule has 0 radical (unpaired) electrons. The number of nitrogens with zero attached hydrogens (tertiary/aromatic N) is 5. The lowest BCUT2D eigenvalue weighted by molar-refractivity contribution is -0.131. The van der Waals surface area contributed by atoms with Gasteiger partial charge in [0.1, 0.15) is 18.0 Å². The van der Waals surface area contributed by atoms with Gasteiger partial charge in [0.25, 0.3) is 0 Å². The lowest BCUT2D eigenvalue weighted by Crippen LogP contribution is -2.49. The van der Waals surface area contributed by atoms with Crippen LogP contribution in [-0.4, -0.2) is 73.3 Å². The molecule has 1 aromatic carbocycles. The monoisotopic (exact) mass is 395 g/mol. The van der Waals surface area contributed by atoms with Crippen LogP contribution in [0, 0.1) is 6.92 Å². The van der Waals surface area contributed by atoms with Crippen molar-refractivity contribution in [2.45, 2.75) is 19.8 Å². The first-order valence-electron chi connectivity index (χ1n) is 10.4. The van der Waals surface area contributed by atoms with E-state index in [1.54, 1.807) is 6.33 Å². The van der Waals surface area contributed by atoms with Crippen LogP contribution in [0.1, 0.15) is 17.5 Å². The third kappa shape index (κ3) is 5.03. The quantitative estimate of drug-likeness (QED) is 0.771. The zero-order valence-electron chi connectivity index (χ0n) is 17.1. The number of piperazine rings is 1. The fourth-order valence-electron chi connectivity index (χ4n) is 3.94. The van der Waals surface area contributed by atoms with Crippen LogP contribution in [0.5, 0.6) is 0 Å². The maximum atomic E-state index is 12.6. The van der Waals surface area contributed by atoms with Crippen LogP contribution >= 0.6 is 0 Å². The molecule has 2 aromatic rings. The molecule has 0 aliphatic carbocycles. The zero-order valence-corrected chi connectivity index (χ0v) is 17.1. The van der Waals surface area contributed by atoms with Crippen molar-refractivity contribution >= 4 is 17.5 Å². The van der Waals surface area contributed by atoms with Crippen molar-refractivity contribution in [2.75, 3.05) is 62.3 Å². The van der Waals surface area contributed by atoms with E-state index in [4.69, 9.17) is 4.74 Å². The molecule has 2 fully saturated rings. The van der Waals surface area contributed by atoms with Crippen molar-refractivity contribution in [1.82, 2.24) is 14.9 Å². The number of benzene rings is 1. The number of rotatable bonds is 5. The first-order valence-corrected chi connectivity index (χ1v) is 10.4. The van der Waals surface area contributed by atoms with E-state index in [9.17, 15) is 4.79 Å². The molecule has 7 heteroatoms. The van der Waals surface area contributed by atoms with Crippen molar-refractivity contribution < 1.29 is 9.53 Å². The Hall–Kier alpha value is -2.67. The van der Waals surface area contributed by atoms with Crippen LogP contribution < -0.4 is 9.80 Å². The minimum Gasteiger partial charge on any atom is -0.378 e. The highest BCUT2D eigenvalue weighted by molar-refractivity contribution is 5.76. The summed E-state index contributed by atoms with van der Waals surface area (Å²) in [7, 11) is 0. The van der Waals surface area contributed by atoms with Gasteiger partial charge in [-0.1, -0.05) is 29.8 Å². The van der Waals surface area contributed by atoms with Crippen molar-refractivity contribution in [3.63, 3.8) is 0 Å². The van der Waals surface area contributed by atoms with Crippen LogP contribution in [-0.2, 0) is 16.0 Å². The molecule has 7 nitrogen and oxygen atoms in total. The van der Waals surface area contributed by atoms with Gasteiger partial charge >= 0.3 is 0 Å². The normalized spacial score (nSPS) is 17.5. The summed E-state index contributed by atoms with van der Waals surface area (Å²) in [5, 5.41) is 0. The average Bonchev–Trinajstić information content (AvgIpc) is 2.78. The largest absolute Gasteiger partial charge is 0.378 e. The lowest BCUT2D eigenvalue weighted by atomic mass is 10.1. The Morgan fingerprint density at radius 3 is 2.34 bits per heavy atom. The van der Waals surface area contributed by atoms with E-state index >= 15 is 0 Å². The molecule has 2 saturated heterocycles. The molecule has 0 unspecified atom stereocenters.